The molecule has 1 amide bonds. The molecule has 4 nitrogen and oxygen atoms in total. The summed E-state index contributed by atoms with van der Waals surface area (Å²) >= 11 is 0. The van der Waals surface area contributed by atoms with Gasteiger partial charge in [-0.15, -0.1) is 0 Å². The molecule has 0 atom stereocenters. The van der Waals surface area contributed by atoms with Crippen molar-refractivity contribution in [2.45, 2.75) is 53.4 Å². The molecule has 0 saturated heterocycles. The van der Waals surface area contributed by atoms with Gasteiger partial charge < -0.3 is 14.8 Å². The van der Waals surface area contributed by atoms with E-state index in [1.807, 2.05) is 19.1 Å². The van der Waals surface area contributed by atoms with Gasteiger partial charge in [0, 0.05) is 17.7 Å². The molecule has 0 aliphatic heterocycles. The molecule has 0 bridgehead atoms. The Labute approximate surface area is 145 Å². The van der Waals surface area contributed by atoms with Crippen LogP contribution in [0.5, 0.6) is 11.5 Å². The maximum absolute atomic E-state index is 12.6. The van der Waals surface area contributed by atoms with Crippen LogP contribution in [0.1, 0.15) is 52.0 Å². The molecule has 0 spiro atoms. The van der Waals surface area contributed by atoms with Crippen molar-refractivity contribution < 1.29 is 14.3 Å². The highest BCUT2D eigenvalue weighted by Gasteiger charge is 2.32. The molecule has 134 valence electrons. The van der Waals surface area contributed by atoms with E-state index in [4.69, 9.17) is 9.47 Å². The highest BCUT2D eigenvalue weighted by Crippen LogP contribution is 2.40. The summed E-state index contributed by atoms with van der Waals surface area (Å²) in [6, 6.07) is 3.73. The lowest BCUT2D eigenvalue weighted by Crippen LogP contribution is -2.31. The summed E-state index contributed by atoms with van der Waals surface area (Å²) in [7, 11) is 3.22. The molecule has 0 heterocycles. The monoisotopic (exact) mass is 333 g/mol. The fraction of sp³-hybridized carbons (Fsp3) is 0.650. The van der Waals surface area contributed by atoms with E-state index in [1.54, 1.807) is 14.2 Å². The zero-order valence-electron chi connectivity index (χ0n) is 15.9. The molecule has 1 aliphatic carbocycles. The van der Waals surface area contributed by atoms with Gasteiger partial charge in [0.1, 0.15) is 0 Å². The second kappa shape index (κ2) is 7.45. The predicted octanol–water partition coefficient (Wildman–Crippen LogP) is 4.80. The van der Waals surface area contributed by atoms with Crippen LogP contribution in [0.4, 0.5) is 5.69 Å². The SMILES string of the molecule is COc1cc(C)c(NC(=O)C2CCC(C(C)(C)C)CC2)cc1OC. The quantitative estimate of drug-likeness (QED) is 0.860. The third-order valence-electron chi connectivity index (χ3n) is 5.31. The van der Waals surface area contributed by atoms with E-state index in [9.17, 15) is 4.79 Å². The molecule has 24 heavy (non-hydrogen) atoms. The van der Waals surface area contributed by atoms with Crippen molar-refractivity contribution in [2.75, 3.05) is 19.5 Å². The van der Waals surface area contributed by atoms with Gasteiger partial charge in [0.25, 0.3) is 0 Å². The summed E-state index contributed by atoms with van der Waals surface area (Å²) in [6.45, 7) is 8.86. The van der Waals surface area contributed by atoms with Crippen molar-refractivity contribution in [3.8, 4) is 11.5 Å². The molecule has 0 aromatic heterocycles. The summed E-state index contributed by atoms with van der Waals surface area (Å²) in [6.07, 6.45) is 4.21. The maximum atomic E-state index is 12.6. The normalized spacial score (nSPS) is 21.2. The average Bonchev–Trinajstić information content (AvgIpc) is 2.55. The van der Waals surface area contributed by atoms with E-state index in [0.717, 1.165) is 36.9 Å². The van der Waals surface area contributed by atoms with Crippen LogP contribution in [0.15, 0.2) is 12.1 Å². The van der Waals surface area contributed by atoms with Crippen LogP contribution in [-0.4, -0.2) is 20.1 Å². The minimum atomic E-state index is 0.107. The first-order chi connectivity index (χ1) is 11.3. The van der Waals surface area contributed by atoms with Crippen molar-refractivity contribution in [3.05, 3.63) is 17.7 Å². The van der Waals surface area contributed by atoms with E-state index in [-0.39, 0.29) is 11.8 Å². The van der Waals surface area contributed by atoms with E-state index in [1.165, 1.54) is 0 Å². The zero-order chi connectivity index (χ0) is 17.9. The van der Waals surface area contributed by atoms with Gasteiger partial charge in [-0.25, -0.2) is 0 Å². The second-order valence-electron chi connectivity index (χ2n) is 7.93. The van der Waals surface area contributed by atoms with Crippen LogP contribution in [-0.2, 0) is 4.79 Å². The van der Waals surface area contributed by atoms with Gasteiger partial charge in [-0.3, -0.25) is 4.79 Å². The minimum Gasteiger partial charge on any atom is -0.493 e. The Morgan fingerprint density at radius 2 is 1.58 bits per heavy atom. The molecule has 1 aromatic carbocycles. The Hall–Kier alpha value is -1.71. The summed E-state index contributed by atoms with van der Waals surface area (Å²) < 4.78 is 10.6. The number of rotatable bonds is 4. The Bertz CT molecular complexity index is 581. The second-order valence-corrected chi connectivity index (χ2v) is 7.93. The molecule has 0 radical (unpaired) electrons. The number of carbonyl (C=O) groups excluding carboxylic acids is 1. The first-order valence-corrected chi connectivity index (χ1v) is 8.79. The summed E-state index contributed by atoms with van der Waals surface area (Å²) in [5, 5.41) is 3.09. The zero-order valence-corrected chi connectivity index (χ0v) is 15.9. The minimum absolute atomic E-state index is 0.107. The van der Waals surface area contributed by atoms with E-state index in [2.05, 4.69) is 26.1 Å². The van der Waals surface area contributed by atoms with Gasteiger partial charge in [0.2, 0.25) is 5.91 Å². The summed E-state index contributed by atoms with van der Waals surface area (Å²) in [5.74, 6) is 2.26. The number of methoxy groups -OCH3 is 2. The van der Waals surface area contributed by atoms with Crippen molar-refractivity contribution in [2.24, 2.45) is 17.3 Å². The fourth-order valence-corrected chi connectivity index (χ4v) is 3.57. The molecule has 1 saturated carbocycles. The number of aryl methyl sites for hydroxylation is 1. The van der Waals surface area contributed by atoms with Gasteiger partial charge in [-0.05, 0) is 55.6 Å². The summed E-state index contributed by atoms with van der Waals surface area (Å²) in [5.41, 5.74) is 2.11. The molecule has 2 rings (SSSR count). The van der Waals surface area contributed by atoms with Crippen LogP contribution in [0.3, 0.4) is 0 Å². The third kappa shape index (κ3) is 4.22. The lowest BCUT2D eigenvalue weighted by molar-refractivity contribution is -0.121. The van der Waals surface area contributed by atoms with Crippen LogP contribution in [0, 0.1) is 24.2 Å². The van der Waals surface area contributed by atoms with Crippen molar-refractivity contribution in [1.82, 2.24) is 0 Å². The van der Waals surface area contributed by atoms with E-state index < -0.39 is 0 Å². The van der Waals surface area contributed by atoms with E-state index in [0.29, 0.717) is 22.8 Å². The largest absolute Gasteiger partial charge is 0.493 e. The maximum Gasteiger partial charge on any atom is 0.227 e. The molecular weight excluding hydrogens is 302 g/mol. The van der Waals surface area contributed by atoms with Gasteiger partial charge in [-0.1, -0.05) is 20.8 Å². The lowest BCUT2D eigenvalue weighted by Gasteiger charge is -2.36. The fourth-order valence-electron chi connectivity index (χ4n) is 3.57. The van der Waals surface area contributed by atoms with Crippen molar-refractivity contribution in [3.63, 3.8) is 0 Å². The number of ether oxygens (including phenoxy) is 2. The highest BCUT2D eigenvalue weighted by atomic mass is 16.5. The van der Waals surface area contributed by atoms with Crippen LogP contribution < -0.4 is 14.8 Å². The van der Waals surface area contributed by atoms with Gasteiger partial charge in [-0.2, -0.15) is 0 Å². The Balaban J connectivity index is 2.03. The number of anilines is 1. The van der Waals surface area contributed by atoms with Gasteiger partial charge in [0.15, 0.2) is 11.5 Å². The first-order valence-electron chi connectivity index (χ1n) is 8.79. The molecule has 4 heteroatoms. The lowest BCUT2D eigenvalue weighted by atomic mass is 9.69. The Kier molecular flexibility index (Phi) is 5.79. The average molecular weight is 333 g/mol. The van der Waals surface area contributed by atoms with Crippen LogP contribution >= 0.6 is 0 Å². The number of nitrogens with one attached hydrogen (secondary N) is 1. The Morgan fingerprint density at radius 1 is 1.04 bits per heavy atom. The molecule has 1 aromatic rings. The highest BCUT2D eigenvalue weighted by molar-refractivity contribution is 5.93. The molecule has 1 aliphatic rings. The number of amides is 1. The Morgan fingerprint density at radius 3 is 2.08 bits per heavy atom. The molecule has 1 N–H and O–H groups in total. The van der Waals surface area contributed by atoms with Crippen LogP contribution in [0.25, 0.3) is 0 Å². The topological polar surface area (TPSA) is 47.6 Å². The van der Waals surface area contributed by atoms with E-state index >= 15 is 0 Å². The summed E-state index contributed by atoms with van der Waals surface area (Å²) in [4.78, 5) is 12.6. The third-order valence-corrected chi connectivity index (χ3v) is 5.31. The number of carbonyl (C=O) groups is 1. The van der Waals surface area contributed by atoms with Gasteiger partial charge in [0.05, 0.1) is 14.2 Å². The van der Waals surface area contributed by atoms with Crippen LogP contribution in [0.2, 0.25) is 0 Å². The molecule has 0 unspecified atom stereocenters. The first kappa shape index (κ1) is 18.6. The smallest absolute Gasteiger partial charge is 0.227 e. The van der Waals surface area contributed by atoms with Crippen molar-refractivity contribution >= 4 is 11.6 Å². The molecule has 1 fully saturated rings. The van der Waals surface area contributed by atoms with Crippen molar-refractivity contribution in [1.29, 1.82) is 0 Å². The molecular formula is C20H31NO3. The number of hydrogen-bond acceptors (Lipinski definition) is 3. The standard InChI is InChI=1S/C20H31NO3/c1-13-11-17(23-5)18(24-6)12-16(13)21-19(22)14-7-9-15(10-8-14)20(2,3)4/h11-12,14-15H,7-10H2,1-6H3,(H,21,22). The number of benzene rings is 1. The predicted molar refractivity (Wildman–Crippen MR) is 97.8 cm³/mol. The number of hydrogen-bond donors (Lipinski definition) is 1. The van der Waals surface area contributed by atoms with Gasteiger partial charge >= 0.3 is 0 Å².